The predicted molar refractivity (Wildman–Crippen MR) is 107 cm³/mol. The summed E-state index contributed by atoms with van der Waals surface area (Å²) in [5.41, 5.74) is 6.51. The average molecular weight is 346 g/mol. The molecule has 0 bridgehead atoms. The molecular weight excluding hydrogens is 322 g/mol. The molecule has 26 heavy (non-hydrogen) atoms. The van der Waals surface area contributed by atoms with Crippen LogP contribution in [-0.2, 0) is 6.54 Å². The molecule has 0 saturated heterocycles. The summed E-state index contributed by atoms with van der Waals surface area (Å²) < 4.78 is 2.65. The molecule has 132 valence electrons. The molecule has 4 rings (SSSR count). The van der Waals surface area contributed by atoms with E-state index in [1.54, 1.807) is 12.7 Å². The van der Waals surface area contributed by atoms with Crippen LogP contribution in [-0.4, -0.2) is 35.4 Å². The van der Waals surface area contributed by atoms with E-state index >= 15 is 0 Å². The third kappa shape index (κ3) is 3.39. The number of para-hydroxylation sites is 1. The van der Waals surface area contributed by atoms with E-state index in [9.17, 15) is 0 Å². The lowest BCUT2D eigenvalue weighted by atomic mass is 10.0. The molecule has 1 aromatic heterocycles. The lowest BCUT2D eigenvalue weighted by molar-refractivity contribution is 0.550. The van der Waals surface area contributed by atoms with Crippen LogP contribution in [0.25, 0.3) is 5.57 Å². The van der Waals surface area contributed by atoms with Gasteiger partial charge in [-0.3, -0.25) is 4.48 Å². The van der Waals surface area contributed by atoms with Gasteiger partial charge < -0.3 is 5.32 Å². The number of aromatic nitrogens is 3. The van der Waals surface area contributed by atoms with Crippen LogP contribution in [0.3, 0.4) is 0 Å². The van der Waals surface area contributed by atoms with E-state index in [0.29, 0.717) is 0 Å². The van der Waals surface area contributed by atoms with Gasteiger partial charge in [-0.2, -0.15) is 5.10 Å². The summed E-state index contributed by atoms with van der Waals surface area (Å²) in [4.78, 5) is 4.03. The molecule has 5 nitrogen and oxygen atoms in total. The first-order valence-corrected chi connectivity index (χ1v) is 8.92. The Morgan fingerprint density at radius 3 is 2.69 bits per heavy atom. The molecule has 0 atom stereocenters. The number of anilines is 1. The van der Waals surface area contributed by atoms with E-state index in [1.165, 1.54) is 28.1 Å². The average Bonchev–Trinajstić information content (AvgIpc) is 3.22. The fourth-order valence-electron chi connectivity index (χ4n) is 3.57. The maximum absolute atomic E-state index is 4.21. The monoisotopic (exact) mass is 346 g/mol. The van der Waals surface area contributed by atoms with Gasteiger partial charge in [0.2, 0.25) is 0 Å². The molecule has 0 amide bonds. The highest BCUT2D eigenvalue weighted by Crippen LogP contribution is 2.40. The second kappa shape index (κ2) is 6.77. The van der Waals surface area contributed by atoms with Crippen LogP contribution in [0.4, 0.5) is 11.4 Å². The molecular formula is C21H24N5+. The molecule has 1 aliphatic heterocycles. The summed E-state index contributed by atoms with van der Waals surface area (Å²) in [6.45, 7) is 1.67. The number of hydrogen-bond acceptors (Lipinski definition) is 3. The van der Waals surface area contributed by atoms with Crippen LogP contribution >= 0.6 is 0 Å². The maximum Gasteiger partial charge on any atom is 0.144 e. The first-order chi connectivity index (χ1) is 12.6. The van der Waals surface area contributed by atoms with Crippen molar-refractivity contribution in [1.82, 2.24) is 19.2 Å². The van der Waals surface area contributed by atoms with Gasteiger partial charge in [0.05, 0.1) is 20.6 Å². The normalized spacial score (nSPS) is 14.8. The molecule has 2 heterocycles. The van der Waals surface area contributed by atoms with Crippen molar-refractivity contribution in [2.24, 2.45) is 0 Å². The molecule has 0 spiro atoms. The molecule has 0 unspecified atom stereocenters. The van der Waals surface area contributed by atoms with Crippen molar-refractivity contribution >= 4 is 16.9 Å². The molecule has 1 aliphatic rings. The molecule has 0 fully saturated rings. The second-order valence-corrected chi connectivity index (χ2v) is 7.18. The second-order valence-electron chi connectivity index (χ2n) is 7.18. The van der Waals surface area contributed by atoms with Gasteiger partial charge in [-0.05, 0) is 30.2 Å². The van der Waals surface area contributed by atoms with Crippen molar-refractivity contribution in [2.45, 2.75) is 13.0 Å². The number of nitrogens with one attached hydrogen (secondary N) is 1. The minimum absolute atomic E-state index is 0.746. The molecule has 2 aromatic carbocycles. The topological polar surface area (TPSA) is 42.7 Å². The van der Waals surface area contributed by atoms with Crippen LogP contribution in [0.1, 0.15) is 17.5 Å². The van der Waals surface area contributed by atoms with E-state index in [0.717, 1.165) is 24.0 Å². The van der Waals surface area contributed by atoms with Crippen LogP contribution < -0.4 is 9.80 Å². The number of benzene rings is 2. The number of quaternary nitrogens is 1. The molecule has 3 aromatic rings. The first-order valence-electron chi connectivity index (χ1n) is 8.92. The van der Waals surface area contributed by atoms with Crippen molar-refractivity contribution in [3.8, 4) is 0 Å². The molecule has 5 heteroatoms. The standard InChI is InChI=1S/C21H24N5/c1-26(2)14-18(10-11-23-19-6-4-3-5-7-19)20-12-17(8-9-21(20)26)13-25-16-22-15-24-25/h3-9,12,14-16,23H,10-11,13H2,1-2H3/q+1. The zero-order valence-corrected chi connectivity index (χ0v) is 15.3. The van der Waals surface area contributed by atoms with Gasteiger partial charge in [0.25, 0.3) is 0 Å². The third-order valence-electron chi connectivity index (χ3n) is 4.81. The third-order valence-corrected chi connectivity index (χ3v) is 4.81. The van der Waals surface area contributed by atoms with E-state index < -0.39 is 0 Å². The Morgan fingerprint density at radius 2 is 1.92 bits per heavy atom. The van der Waals surface area contributed by atoms with Crippen molar-refractivity contribution in [1.29, 1.82) is 0 Å². The summed E-state index contributed by atoms with van der Waals surface area (Å²) >= 11 is 0. The molecule has 1 N–H and O–H groups in total. The predicted octanol–water partition coefficient (Wildman–Crippen LogP) is 3.75. The van der Waals surface area contributed by atoms with Gasteiger partial charge in [-0.1, -0.05) is 24.3 Å². The Kier molecular flexibility index (Phi) is 4.31. The van der Waals surface area contributed by atoms with E-state index in [4.69, 9.17) is 0 Å². The number of fused-ring (bicyclic) bond motifs is 1. The highest BCUT2D eigenvalue weighted by atomic mass is 15.3. The van der Waals surface area contributed by atoms with Gasteiger partial charge in [-0.25, -0.2) is 9.67 Å². The maximum atomic E-state index is 4.21. The Labute approximate surface area is 154 Å². The summed E-state index contributed by atoms with van der Waals surface area (Å²) in [6, 6.07) is 17.1. The van der Waals surface area contributed by atoms with Crippen LogP contribution in [0.5, 0.6) is 0 Å². The zero-order chi connectivity index (χ0) is 18.0. The first kappa shape index (κ1) is 16.5. The van der Waals surface area contributed by atoms with Crippen LogP contribution in [0.15, 0.2) is 67.4 Å². The highest BCUT2D eigenvalue weighted by Gasteiger charge is 2.30. The fourth-order valence-corrected chi connectivity index (χ4v) is 3.57. The SMILES string of the molecule is C[N+]1(C)C=C(CCNc2ccccc2)c2cc(Cn3cncn3)ccc21. The zero-order valence-electron chi connectivity index (χ0n) is 15.3. The number of hydrogen-bond donors (Lipinski definition) is 1. The Hall–Kier alpha value is -2.92. The highest BCUT2D eigenvalue weighted by molar-refractivity contribution is 5.82. The number of rotatable bonds is 6. The lowest BCUT2D eigenvalue weighted by Crippen LogP contribution is -2.31. The van der Waals surface area contributed by atoms with Crippen molar-refractivity contribution < 1.29 is 0 Å². The van der Waals surface area contributed by atoms with Gasteiger partial charge in [0.15, 0.2) is 0 Å². The largest absolute Gasteiger partial charge is 0.385 e. The summed E-state index contributed by atoms with van der Waals surface area (Å²) in [5.74, 6) is 0. The van der Waals surface area contributed by atoms with E-state index in [-0.39, 0.29) is 0 Å². The van der Waals surface area contributed by atoms with Gasteiger partial charge in [0.1, 0.15) is 24.5 Å². The molecule has 0 aliphatic carbocycles. The van der Waals surface area contributed by atoms with Crippen LogP contribution in [0, 0.1) is 0 Å². The van der Waals surface area contributed by atoms with Gasteiger partial charge >= 0.3 is 0 Å². The molecule has 0 radical (unpaired) electrons. The van der Waals surface area contributed by atoms with Gasteiger partial charge in [0, 0.05) is 29.4 Å². The Morgan fingerprint density at radius 1 is 1.08 bits per heavy atom. The quantitative estimate of drug-likeness (QED) is 0.691. The smallest absolute Gasteiger partial charge is 0.144 e. The Balaban J connectivity index is 1.51. The summed E-state index contributed by atoms with van der Waals surface area (Å²) in [5, 5.41) is 7.72. The van der Waals surface area contributed by atoms with Crippen molar-refractivity contribution in [3.63, 3.8) is 0 Å². The summed E-state index contributed by atoms with van der Waals surface area (Å²) in [7, 11) is 4.46. The van der Waals surface area contributed by atoms with E-state index in [2.05, 4.69) is 78.2 Å². The molecule has 0 saturated carbocycles. The van der Waals surface area contributed by atoms with Gasteiger partial charge in [-0.15, -0.1) is 0 Å². The Bertz CT molecular complexity index is 911. The summed E-state index contributed by atoms with van der Waals surface area (Å²) in [6.07, 6.45) is 6.69. The minimum atomic E-state index is 0.746. The van der Waals surface area contributed by atoms with E-state index in [1.807, 2.05) is 10.7 Å². The van der Waals surface area contributed by atoms with Crippen LogP contribution in [0.2, 0.25) is 0 Å². The lowest BCUT2D eigenvalue weighted by Gasteiger charge is -2.21. The minimum Gasteiger partial charge on any atom is -0.385 e. The van der Waals surface area contributed by atoms with Crippen molar-refractivity contribution in [2.75, 3.05) is 26.0 Å². The van der Waals surface area contributed by atoms with Crippen molar-refractivity contribution in [3.05, 3.63) is 78.5 Å². The number of nitrogens with zero attached hydrogens (tertiary/aromatic N) is 4. The fraction of sp³-hybridized carbons (Fsp3) is 0.238.